The van der Waals surface area contributed by atoms with E-state index in [1.54, 1.807) is 7.11 Å². The topological polar surface area (TPSA) is 39.3 Å². The number of carbonyl (C=O) groups excluding carboxylic acids is 1. The molecule has 3 aliphatic rings. The lowest BCUT2D eigenvalue weighted by Gasteiger charge is -2.40. The summed E-state index contributed by atoms with van der Waals surface area (Å²) in [5, 5.41) is 0. The molecule has 0 spiro atoms. The van der Waals surface area contributed by atoms with Gasteiger partial charge in [0.05, 0.1) is 7.11 Å². The maximum atomic E-state index is 12.1. The summed E-state index contributed by atoms with van der Waals surface area (Å²) in [4.78, 5) is 21.1. The number of methoxy groups -OCH3 is 1. The van der Waals surface area contributed by atoms with E-state index in [9.17, 15) is 4.79 Å². The van der Waals surface area contributed by atoms with Crippen LogP contribution in [0.25, 0.3) is 0 Å². The second kappa shape index (κ2) is 9.74. The lowest BCUT2D eigenvalue weighted by molar-refractivity contribution is 0.0931. The zero-order valence-electron chi connectivity index (χ0n) is 20.0. The van der Waals surface area contributed by atoms with Gasteiger partial charge in [-0.05, 0) is 60.2 Å². The third-order valence-electron chi connectivity index (χ3n) is 7.68. The minimum absolute atomic E-state index is 0.183. The molecule has 33 heavy (non-hydrogen) atoms. The zero-order valence-corrected chi connectivity index (χ0v) is 20.0. The highest BCUT2D eigenvalue weighted by atomic mass is 16.5. The molecular formula is C27H36N4O2. The number of piperazine rings is 1. The molecule has 176 valence electrons. The number of likely N-dealkylation sites (N-methyl/N-ethyl adjacent to an activating group) is 1. The summed E-state index contributed by atoms with van der Waals surface area (Å²) < 4.78 is 5.59. The van der Waals surface area contributed by atoms with Crippen molar-refractivity contribution in [2.24, 2.45) is 0 Å². The average molecular weight is 449 g/mol. The summed E-state index contributed by atoms with van der Waals surface area (Å²) in [6, 6.07) is 16.1. The van der Waals surface area contributed by atoms with Crippen LogP contribution in [0.4, 0.5) is 4.79 Å². The van der Waals surface area contributed by atoms with E-state index in [1.807, 2.05) is 16.8 Å². The fourth-order valence-electron chi connectivity index (χ4n) is 5.64. The van der Waals surface area contributed by atoms with E-state index in [1.165, 1.54) is 22.3 Å². The molecule has 2 aliphatic heterocycles. The van der Waals surface area contributed by atoms with Gasteiger partial charge in [0.2, 0.25) is 0 Å². The first kappa shape index (κ1) is 22.2. The first-order valence-corrected chi connectivity index (χ1v) is 12.3. The fraction of sp³-hybridized carbons (Fsp3) is 0.519. The maximum absolute atomic E-state index is 12.1. The molecule has 0 radical (unpaired) electrons. The first-order chi connectivity index (χ1) is 16.1. The van der Waals surface area contributed by atoms with Crippen LogP contribution < -0.4 is 4.74 Å². The molecule has 0 saturated carbocycles. The molecule has 1 atom stereocenters. The van der Waals surface area contributed by atoms with Crippen LogP contribution in [-0.2, 0) is 12.8 Å². The third kappa shape index (κ3) is 4.73. The number of ether oxygens (including phenoxy) is 1. The minimum Gasteiger partial charge on any atom is -0.497 e. The van der Waals surface area contributed by atoms with E-state index >= 15 is 0 Å². The van der Waals surface area contributed by atoms with Gasteiger partial charge in [-0.25, -0.2) is 4.79 Å². The summed E-state index contributed by atoms with van der Waals surface area (Å²) in [5.41, 5.74) is 5.77. The first-order valence-electron chi connectivity index (χ1n) is 12.3. The van der Waals surface area contributed by atoms with Crippen molar-refractivity contribution in [2.45, 2.75) is 25.3 Å². The van der Waals surface area contributed by atoms with Crippen LogP contribution in [0.5, 0.6) is 5.75 Å². The Kier molecular flexibility index (Phi) is 6.56. The van der Waals surface area contributed by atoms with Gasteiger partial charge in [-0.3, -0.25) is 4.90 Å². The lowest BCUT2D eigenvalue weighted by Crippen LogP contribution is -2.48. The number of nitrogens with zero attached hydrogens (tertiary/aromatic N) is 4. The van der Waals surface area contributed by atoms with E-state index in [0.717, 1.165) is 77.4 Å². The van der Waals surface area contributed by atoms with Gasteiger partial charge >= 0.3 is 6.03 Å². The zero-order chi connectivity index (χ0) is 22.8. The SMILES string of the molecule is COc1ccc2c(c1)C(N1CCN(CCCN3CCN(C)C3=O)CC1)Cc1ccccc1C2. The number of amides is 2. The number of hydrogen-bond donors (Lipinski definition) is 0. The standard InChI is InChI=1S/C27H36N4O2/c1-28-12-15-31(27(28)32)11-5-10-29-13-16-30(17-14-29)26-19-22-7-4-3-6-21(22)18-23-8-9-24(33-2)20-25(23)26/h3-4,6-9,20,26H,5,10-19H2,1-2H3. The molecule has 0 aromatic heterocycles. The summed E-state index contributed by atoms with van der Waals surface area (Å²) in [6.45, 7) is 8.00. The molecule has 6 heteroatoms. The predicted octanol–water partition coefficient (Wildman–Crippen LogP) is 3.26. The Bertz CT molecular complexity index is 986. The van der Waals surface area contributed by atoms with Gasteiger partial charge in [-0.2, -0.15) is 0 Å². The lowest BCUT2D eigenvalue weighted by atomic mass is 9.95. The molecule has 5 rings (SSSR count). The van der Waals surface area contributed by atoms with Gasteiger partial charge in [0.25, 0.3) is 0 Å². The Hall–Kier alpha value is -2.57. The molecule has 0 bridgehead atoms. The molecule has 2 amide bonds. The van der Waals surface area contributed by atoms with Crippen LogP contribution in [-0.4, -0.2) is 92.1 Å². The number of hydrogen-bond acceptors (Lipinski definition) is 4. The van der Waals surface area contributed by atoms with Gasteiger partial charge in [0.1, 0.15) is 5.75 Å². The van der Waals surface area contributed by atoms with E-state index < -0.39 is 0 Å². The Balaban J connectivity index is 1.23. The molecule has 2 saturated heterocycles. The number of fused-ring (bicyclic) bond motifs is 2. The Morgan fingerprint density at radius 2 is 1.70 bits per heavy atom. The smallest absolute Gasteiger partial charge is 0.319 e. The van der Waals surface area contributed by atoms with Crippen LogP contribution in [0, 0.1) is 0 Å². The van der Waals surface area contributed by atoms with Gasteiger partial charge in [0, 0.05) is 58.9 Å². The van der Waals surface area contributed by atoms with Crippen LogP contribution in [0.1, 0.15) is 34.7 Å². The van der Waals surface area contributed by atoms with Crippen molar-refractivity contribution in [3.05, 3.63) is 64.7 Å². The largest absolute Gasteiger partial charge is 0.497 e. The van der Waals surface area contributed by atoms with E-state index in [2.05, 4.69) is 52.3 Å². The summed E-state index contributed by atoms with van der Waals surface area (Å²) in [7, 11) is 3.65. The van der Waals surface area contributed by atoms with Crippen LogP contribution in [0.2, 0.25) is 0 Å². The summed E-state index contributed by atoms with van der Waals surface area (Å²) >= 11 is 0. The highest BCUT2D eigenvalue weighted by molar-refractivity contribution is 5.76. The molecule has 2 heterocycles. The molecule has 6 nitrogen and oxygen atoms in total. The van der Waals surface area contributed by atoms with Crippen molar-refractivity contribution in [3.8, 4) is 5.75 Å². The predicted molar refractivity (Wildman–Crippen MR) is 131 cm³/mol. The van der Waals surface area contributed by atoms with E-state index in [-0.39, 0.29) is 6.03 Å². The van der Waals surface area contributed by atoms with Crippen LogP contribution in [0.3, 0.4) is 0 Å². The summed E-state index contributed by atoms with van der Waals surface area (Å²) in [6.07, 6.45) is 3.10. The van der Waals surface area contributed by atoms with Crippen molar-refractivity contribution < 1.29 is 9.53 Å². The fourth-order valence-corrected chi connectivity index (χ4v) is 5.64. The average Bonchev–Trinajstić information content (AvgIpc) is 3.07. The number of benzene rings is 2. The second-order valence-electron chi connectivity index (χ2n) is 9.65. The molecule has 2 aromatic carbocycles. The maximum Gasteiger partial charge on any atom is 0.319 e. The van der Waals surface area contributed by atoms with Crippen molar-refractivity contribution in [3.63, 3.8) is 0 Å². The van der Waals surface area contributed by atoms with Crippen molar-refractivity contribution in [2.75, 3.05) is 66.5 Å². The Labute approximate surface area is 197 Å². The number of carbonyl (C=O) groups is 1. The summed E-state index contributed by atoms with van der Waals surface area (Å²) in [5.74, 6) is 0.949. The Morgan fingerprint density at radius 1 is 0.909 bits per heavy atom. The van der Waals surface area contributed by atoms with Crippen molar-refractivity contribution in [1.82, 2.24) is 19.6 Å². The monoisotopic (exact) mass is 448 g/mol. The minimum atomic E-state index is 0.183. The number of rotatable bonds is 6. The normalized spacial score (nSPS) is 21.6. The second-order valence-corrected chi connectivity index (χ2v) is 9.65. The van der Waals surface area contributed by atoms with Gasteiger partial charge < -0.3 is 19.4 Å². The molecular weight excluding hydrogens is 412 g/mol. The molecule has 1 aliphatic carbocycles. The molecule has 1 unspecified atom stereocenters. The van der Waals surface area contributed by atoms with Gasteiger partial charge in [-0.1, -0.05) is 30.3 Å². The van der Waals surface area contributed by atoms with Crippen LogP contribution in [0.15, 0.2) is 42.5 Å². The highest BCUT2D eigenvalue weighted by Crippen LogP contribution is 2.36. The van der Waals surface area contributed by atoms with E-state index in [4.69, 9.17) is 4.74 Å². The Morgan fingerprint density at radius 3 is 2.42 bits per heavy atom. The molecule has 2 aromatic rings. The van der Waals surface area contributed by atoms with Gasteiger partial charge in [-0.15, -0.1) is 0 Å². The number of urea groups is 1. The highest BCUT2D eigenvalue weighted by Gasteiger charge is 2.30. The van der Waals surface area contributed by atoms with Crippen molar-refractivity contribution >= 4 is 6.03 Å². The van der Waals surface area contributed by atoms with Crippen LogP contribution >= 0.6 is 0 Å². The third-order valence-corrected chi connectivity index (χ3v) is 7.68. The van der Waals surface area contributed by atoms with Crippen molar-refractivity contribution in [1.29, 1.82) is 0 Å². The van der Waals surface area contributed by atoms with E-state index in [0.29, 0.717) is 6.04 Å². The molecule has 2 fully saturated rings. The quantitative estimate of drug-likeness (QED) is 0.680. The van der Waals surface area contributed by atoms with Gasteiger partial charge in [0.15, 0.2) is 0 Å². The molecule has 0 N–H and O–H groups in total.